The molecule has 6 nitrogen and oxygen atoms in total. The molecule has 1 saturated heterocycles. The van der Waals surface area contributed by atoms with E-state index in [-0.39, 0.29) is 0 Å². The fourth-order valence-corrected chi connectivity index (χ4v) is 2.48. The van der Waals surface area contributed by atoms with E-state index < -0.39 is 0 Å². The molecule has 0 spiro atoms. The van der Waals surface area contributed by atoms with Crippen LogP contribution in [-0.2, 0) is 0 Å². The second-order valence-electron chi connectivity index (χ2n) is 5.38. The number of aromatic nitrogens is 3. The fourth-order valence-electron chi connectivity index (χ4n) is 2.48. The number of anilines is 3. The van der Waals surface area contributed by atoms with Crippen molar-refractivity contribution in [3.05, 3.63) is 0 Å². The van der Waals surface area contributed by atoms with Crippen LogP contribution < -0.4 is 15.5 Å². The van der Waals surface area contributed by atoms with Gasteiger partial charge in [0.15, 0.2) is 0 Å². The summed E-state index contributed by atoms with van der Waals surface area (Å²) < 4.78 is 0. The third-order valence-electron chi connectivity index (χ3n) is 3.74. The summed E-state index contributed by atoms with van der Waals surface area (Å²) in [7, 11) is 3.82. The Labute approximate surface area is 115 Å². The minimum absolute atomic E-state index is 0.296. The Morgan fingerprint density at radius 2 is 2.00 bits per heavy atom. The lowest BCUT2D eigenvalue weighted by Gasteiger charge is -2.22. The van der Waals surface area contributed by atoms with Gasteiger partial charge in [0.05, 0.1) is 0 Å². The molecule has 2 N–H and O–H groups in total. The lowest BCUT2D eigenvalue weighted by atomic mass is 9.98. The summed E-state index contributed by atoms with van der Waals surface area (Å²) in [6.45, 7) is 4.28. The van der Waals surface area contributed by atoms with Crippen LogP contribution in [0.4, 0.5) is 17.8 Å². The van der Waals surface area contributed by atoms with Crippen molar-refractivity contribution in [2.24, 2.45) is 5.92 Å². The van der Waals surface area contributed by atoms with Gasteiger partial charge in [-0.3, -0.25) is 0 Å². The van der Waals surface area contributed by atoms with Crippen molar-refractivity contribution < 1.29 is 0 Å². The van der Waals surface area contributed by atoms with Crippen LogP contribution in [0.15, 0.2) is 0 Å². The van der Waals surface area contributed by atoms with E-state index in [2.05, 4.69) is 26.8 Å². The standard InChI is InChI=1S/C13H24N6/c1-4-10-6-5-8-19(9-7-10)13-16-11(14)15-12(17-13)18(2)3/h10H,4-9H2,1-3H3,(H2,14,15,16,17). The van der Waals surface area contributed by atoms with Crippen molar-refractivity contribution in [3.8, 4) is 0 Å². The van der Waals surface area contributed by atoms with Crippen LogP contribution in [0.2, 0.25) is 0 Å². The zero-order chi connectivity index (χ0) is 13.8. The van der Waals surface area contributed by atoms with Gasteiger partial charge in [0.25, 0.3) is 0 Å². The Kier molecular flexibility index (Phi) is 4.39. The molecule has 2 rings (SSSR count). The SMILES string of the molecule is CCC1CCCN(c2nc(N)nc(N(C)C)n2)CC1. The molecular weight excluding hydrogens is 240 g/mol. The quantitative estimate of drug-likeness (QED) is 0.893. The molecule has 1 unspecified atom stereocenters. The molecule has 1 fully saturated rings. The van der Waals surface area contributed by atoms with E-state index in [4.69, 9.17) is 5.73 Å². The Morgan fingerprint density at radius 1 is 1.21 bits per heavy atom. The van der Waals surface area contributed by atoms with Crippen molar-refractivity contribution in [3.63, 3.8) is 0 Å². The summed E-state index contributed by atoms with van der Waals surface area (Å²) in [4.78, 5) is 17.0. The third-order valence-corrected chi connectivity index (χ3v) is 3.74. The minimum atomic E-state index is 0.296. The molecule has 0 radical (unpaired) electrons. The molecule has 0 bridgehead atoms. The second-order valence-corrected chi connectivity index (χ2v) is 5.38. The van der Waals surface area contributed by atoms with E-state index in [1.807, 2.05) is 19.0 Å². The molecule has 1 aromatic rings. The largest absolute Gasteiger partial charge is 0.368 e. The predicted octanol–water partition coefficient (Wildman–Crippen LogP) is 1.54. The molecule has 106 valence electrons. The van der Waals surface area contributed by atoms with Crippen LogP contribution in [0.25, 0.3) is 0 Å². The lowest BCUT2D eigenvalue weighted by molar-refractivity contribution is 0.459. The van der Waals surface area contributed by atoms with Gasteiger partial charge < -0.3 is 15.5 Å². The molecule has 0 aromatic carbocycles. The molecule has 2 heterocycles. The Morgan fingerprint density at radius 3 is 2.68 bits per heavy atom. The summed E-state index contributed by atoms with van der Waals surface area (Å²) in [5.41, 5.74) is 5.78. The van der Waals surface area contributed by atoms with E-state index in [1.165, 1.54) is 25.7 Å². The minimum Gasteiger partial charge on any atom is -0.368 e. The zero-order valence-electron chi connectivity index (χ0n) is 12.1. The summed E-state index contributed by atoms with van der Waals surface area (Å²) >= 11 is 0. The van der Waals surface area contributed by atoms with Gasteiger partial charge in [-0.15, -0.1) is 0 Å². The first-order valence-electron chi connectivity index (χ1n) is 7.04. The number of nitrogens with two attached hydrogens (primary N) is 1. The maximum atomic E-state index is 5.78. The number of rotatable bonds is 3. The fraction of sp³-hybridized carbons (Fsp3) is 0.769. The molecule has 1 aromatic heterocycles. The van der Waals surface area contributed by atoms with Gasteiger partial charge in [0, 0.05) is 27.2 Å². The van der Waals surface area contributed by atoms with E-state index in [0.717, 1.165) is 19.0 Å². The van der Waals surface area contributed by atoms with Gasteiger partial charge in [-0.2, -0.15) is 15.0 Å². The molecule has 1 aliphatic rings. The van der Waals surface area contributed by atoms with Crippen molar-refractivity contribution in [1.29, 1.82) is 0 Å². The molecule has 0 aliphatic carbocycles. The molecular formula is C13H24N6. The molecule has 0 saturated carbocycles. The average molecular weight is 264 g/mol. The molecule has 0 amide bonds. The summed E-state index contributed by atoms with van der Waals surface area (Å²) in [5.74, 6) is 2.47. The van der Waals surface area contributed by atoms with Crippen LogP contribution in [0.1, 0.15) is 32.6 Å². The summed E-state index contributed by atoms with van der Waals surface area (Å²) in [6.07, 6.45) is 4.96. The molecule has 19 heavy (non-hydrogen) atoms. The van der Waals surface area contributed by atoms with Gasteiger partial charge in [-0.1, -0.05) is 13.3 Å². The van der Waals surface area contributed by atoms with E-state index in [1.54, 1.807) is 0 Å². The van der Waals surface area contributed by atoms with Crippen molar-refractivity contribution >= 4 is 17.8 Å². The summed E-state index contributed by atoms with van der Waals surface area (Å²) in [5, 5.41) is 0. The van der Waals surface area contributed by atoms with Gasteiger partial charge in [0.2, 0.25) is 17.8 Å². The first kappa shape index (κ1) is 13.8. The van der Waals surface area contributed by atoms with Crippen molar-refractivity contribution in [2.45, 2.75) is 32.6 Å². The number of hydrogen-bond acceptors (Lipinski definition) is 6. The topological polar surface area (TPSA) is 71.2 Å². The van der Waals surface area contributed by atoms with E-state index >= 15 is 0 Å². The first-order valence-corrected chi connectivity index (χ1v) is 7.04. The highest BCUT2D eigenvalue weighted by atomic mass is 15.3. The smallest absolute Gasteiger partial charge is 0.231 e. The van der Waals surface area contributed by atoms with Crippen LogP contribution in [-0.4, -0.2) is 42.1 Å². The van der Waals surface area contributed by atoms with Crippen LogP contribution >= 0.6 is 0 Å². The predicted molar refractivity (Wildman–Crippen MR) is 78.4 cm³/mol. The molecule has 1 atom stereocenters. The van der Waals surface area contributed by atoms with Crippen molar-refractivity contribution in [1.82, 2.24) is 15.0 Å². The maximum Gasteiger partial charge on any atom is 0.231 e. The maximum absolute atomic E-state index is 5.78. The van der Waals surface area contributed by atoms with Crippen LogP contribution in [0.3, 0.4) is 0 Å². The highest BCUT2D eigenvalue weighted by Gasteiger charge is 2.19. The normalized spacial score (nSPS) is 20.2. The zero-order valence-corrected chi connectivity index (χ0v) is 12.1. The molecule has 6 heteroatoms. The third kappa shape index (κ3) is 3.45. The number of hydrogen-bond donors (Lipinski definition) is 1. The lowest BCUT2D eigenvalue weighted by Crippen LogP contribution is -2.28. The monoisotopic (exact) mass is 264 g/mol. The van der Waals surface area contributed by atoms with E-state index in [9.17, 15) is 0 Å². The average Bonchev–Trinajstić information content (AvgIpc) is 2.63. The Hall–Kier alpha value is -1.59. The Balaban J connectivity index is 2.16. The van der Waals surface area contributed by atoms with Gasteiger partial charge in [-0.25, -0.2) is 0 Å². The van der Waals surface area contributed by atoms with Crippen molar-refractivity contribution in [2.75, 3.05) is 42.7 Å². The number of nitrogens with zero attached hydrogens (tertiary/aromatic N) is 5. The van der Waals surface area contributed by atoms with E-state index in [0.29, 0.717) is 17.8 Å². The highest BCUT2D eigenvalue weighted by Crippen LogP contribution is 2.23. The van der Waals surface area contributed by atoms with Gasteiger partial charge in [-0.05, 0) is 25.2 Å². The highest BCUT2D eigenvalue weighted by molar-refractivity contribution is 5.42. The first-order chi connectivity index (χ1) is 9.10. The van der Waals surface area contributed by atoms with Gasteiger partial charge >= 0.3 is 0 Å². The van der Waals surface area contributed by atoms with Crippen LogP contribution in [0.5, 0.6) is 0 Å². The number of nitrogen functional groups attached to an aromatic ring is 1. The summed E-state index contributed by atoms with van der Waals surface area (Å²) in [6, 6.07) is 0. The van der Waals surface area contributed by atoms with Gasteiger partial charge in [0.1, 0.15) is 0 Å². The molecule has 1 aliphatic heterocycles. The second kappa shape index (κ2) is 6.04. The Bertz CT molecular complexity index is 420. The van der Waals surface area contributed by atoms with Crippen LogP contribution in [0, 0.1) is 5.92 Å².